The number of carbonyl (C=O) groups excluding carboxylic acids is 1. The lowest BCUT2D eigenvalue weighted by atomic mass is 10.2. The summed E-state index contributed by atoms with van der Waals surface area (Å²) >= 11 is 5.96. The number of nitrogens with zero attached hydrogens (tertiary/aromatic N) is 1. The Kier molecular flexibility index (Phi) is 3.94. The zero-order valence-corrected chi connectivity index (χ0v) is 12.7. The number of benzene rings is 2. The standard InChI is InChI=1S/C17H14ClN3O/c1-11-7-8-13(18)10-15(11)21-17(22)20-14-6-2-4-12-5-3-9-19-16(12)14/h2-10H,1H3,(H2,20,21,22). The second-order valence-electron chi connectivity index (χ2n) is 4.92. The number of nitrogens with one attached hydrogen (secondary N) is 2. The van der Waals surface area contributed by atoms with E-state index in [1.807, 2.05) is 43.3 Å². The largest absolute Gasteiger partial charge is 0.323 e. The zero-order valence-electron chi connectivity index (χ0n) is 11.9. The van der Waals surface area contributed by atoms with Gasteiger partial charge < -0.3 is 10.6 Å². The molecular formula is C17H14ClN3O. The van der Waals surface area contributed by atoms with Crippen LogP contribution in [0.5, 0.6) is 0 Å². The molecular weight excluding hydrogens is 298 g/mol. The summed E-state index contributed by atoms with van der Waals surface area (Å²) in [5, 5.41) is 7.17. The minimum atomic E-state index is -0.330. The predicted molar refractivity (Wildman–Crippen MR) is 90.6 cm³/mol. The molecule has 0 radical (unpaired) electrons. The first-order valence-electron chi connectivity index (χ1n) is 6.81. The van der Waals surface area contributed by atoms with Crippen LogP contribution in [0, 0.1) is 6.92 Å². The average molecular weight is 312 g/mol. The van der Waals surface area contributed by atoms with Crippen LogP contribution in [0.1, 0.15) is 5.56 Å². The molecule has 3 aromatic rings. The van der Waals surface area contributed by atoms with Gasteiger partial charge in [-0.1, -0.05) is 35.9 Å². The first kappa shape index (κ1) is 14.4. The van der Waals surface area contributed by atoms with Crippen molar-refractivity contribution in [1.29, 1.82) is 0 Å². The van der Waals surface area contributed by atoms with Gasteiger partial charge in [0.1, 0.15) is 0 Å². The monoisotopic (exact) mass is 311 g/mol. The number of para-hydroxylation sites is 1. The van der Waals surface area contributed by atoms with E-state index >= 15 is 0 Å². The average Bonchev–Trinajstić information content (AvgIpc) is 2.51. The topological polar surface area (TPSA) is 54.0 Å². The van der Waals surface area contributed by atoms with Crippen molar-refractivity contribution in [2.45, 2.75) is 6.92 Å². The highest BCUT2D eigenvalue weighted by Gasteiger charge is 2.08. The van der Waals surface area contributed by atoms with Crippen molar-refractivity contribution >= 4 is 39.9 Å². The molecule has 0 fully saturated rings. The molecule has 1 aromatic heterocycles. The maximum absolute atomic E-state index is 12.2. The molecule has 5 heteroatoms. The number of urea groups is 1. The maximum atomic E-state index is 12.2. The van der Waals surface area contributed by atoms with Crippen LogP contribution < -0.4 is 10.6 Å². The predicted octanol–water partition coefficient (Wildman–Crippen LogP) is 4.84. The van der Waals surface area contributed by atoms with Crippen molar-refractivity contribution in [3.63, 3.8) is 0 Å². The minimum absolute atomic E-state index is 0.330. The number of aryl methyl sites for hydroxylation is 1. The second kappa shape index (κ2) is 6.03. The van der Waals surface area contributed by atoms with Gasteiger partial charge in [-0.2, -0.15) is 0 Å². The maximum Gasteiger partial charge on any atom is 0.323 e. The third kappa shape index (κ3) is 3.02. The summed E-state index contributed by atoms with van der Waals surface area (Å²) in [5.41, 5.74) is 3.03. The summed E-state index contributed by atoms with van der Waals surface area (Å²) in [6.07, 6.45) is 1.70. The highest BCUT2D eigenvalue weighted by molar-refractivity contribution is 6.31. The summed E-state index contributed by atoms with van der Waals surface area (Å²) in [7, 11) is 0. The Morgan fingerprint density at radius 3 is 2.68 bits per heavy atom. The Bertz CT molecular complexity index is 843. The van der Waals surface area contributed by atoms with Crippen LogP contribution in [-0.2, 0) is 0 Å². The van der Waals surface area contributed by atoms with Crippen molar-refractivity contribution in [3.05, 3.63) is 65.3 Å². The molecule has 3 rings (SSSR count). The second-order valence-corrected chi connectivity index (χ2v) is 5.36. The fraction of sp³-hybridized carbons (Fsp3) is 0.0588. The Balaban J connectivity index is 1.83. The molecule has 2 N–H and O–H groups in total. The number of halogens is 1. The van der Waals surface area contributed by atoms with Gasteiger partial charge in [0.25, 0.3) is 0 Å². The van der Waals surface area contributed by atoms with E-state index in [1.54, 1.807) is 18.3 Å². The van der Waals surface area contributed by atoms with Gasteiger partial charge in [-0.05, 0) is 36.8 Å². The fourth-order valence-electron chi connectivity index (χ4n) is 2.21. The number of hydrogen-bond acceptors (Lipinski definition) is 2. The Morgan fingerprint density at radius 1 is 1.05 bits per heavy atom. The summed E-state index contributed by atoms with van der Waals surface area (Å²) in [6, 6.07) is 14.5. The van der Waals surface area contributed by atoms with E-state index in [1.165, 1.54) is 0 Å². The third-order valence-corrected chi connectivity index (χ3v) is 3.56. The summed E-state index contributed by atoms with van der Waals surface area (Å²) in [4.78, 5) is 16.5. The number of pyridine rings is 1. The van der Waals surface area contributed by atoms with Crippen LogP contribution in [0.2, 0.25) is 5.02 Å². The number of hydrogen-bond donors (Lipinski definition) is 2. The summed E-state index contributed by atoms with van der Waals surface area (Å²) < 4.78 is 0. The molecule has 0 unspecified atom stereocenters. The molecule has 0 aliphatic carbocycles. The van der Waals surface area contributed by atoms with Gasteiger partial charge in [-0.15, -0.1) is 0 Å². The van der Waals surface area contributed by atoms with E-state index in [0.717, 1.165) is 16.5 Å². The quantitative estimate of drug-likeness (QED) is 0.711. The molecule has 0 saturated heterocycles. The number of carbonyl (C=O) groups is 1. The molecule has 2 amide bonds. The van der Waals surface area contributed by atoms with Crippen molar-refractivity contribution in [1.82, 2.24) is 4.98 Å². The molecule has 0 aliphatic rings. The Hall–Kier alpha value is -2.59. The van der Waals surface area contributed by atoms with Gasteiger partial charge >= 0.3 is 6.03 Å². The van der Waals surface area contributed by atoms with Crippen molar-refractivity contribution in [2.24, 2.45) is 0 Å². The first-order chi connectivity index (χ1) is 10.6. The van der Waals surface area contributed by atoms with Crippen LogP contribution in [0.25, 0.3) is 10.9 Å². The molecule has 0 saturated carbocycles. The zero-order chi connectivity index (χ0) is 15.5. The lowest BCUT2D eigenvalue weighted by molar-refractivity contribution is 0.262. The van der Waals surface area contributed by atoms with E-state index in [-0.39, 0.29) is 6.03 Å². The van der Waals surface area contributed by atoms with Gasteiger partial charge in [0.05, 0.1) is 11.2 Å². The van der Waals surface area contributed by atoms with Crippen LogP contribution in [0.4, 0.5) is 16.2 Å². The fourth-order valence-corrected chi connectivity index (χ4v) is 2.38. The van der Waals surface area contributed by atoms with Gasteiger partial charge in [-0.3, -0.25) is 4.98 Å². The van der Waals surface area contributed by atoms with Crippen LogP contribution in [0.15, 0.2) is 54.7 Å². The molecule has 1 heterocycles. The molecule has 22 heavy (non-hydrogen) atoms. The van der Waals surface area contributed by atoms with Gasteiger partial charge in [0.2, 0.25) is 0 Å². The minimum Gasteiger partial charge on any atom is -0.307 e. The number of fused-ring (bicyclic) bond motifs is 1. The SMILES string of the molecule is Cc1ccc(Cl)cc1NC(=O)Nc1cccc2cccnc12. The summed E-state index contributed by atoms with van der Waals surface area (Å²) in [5.74, 6) is 0. The molecule has 2 aromatic carbocycles. The molecule has 0 bridgehead atoms. The summed E-state index contributed by atoms with van der Waals surface area (Å²) in [6.45, 7) is 1.91. The lowest BCUT2D eigenvalue weighted by Crippen LogP contribution is -2.20. The van der Waals surface area contributed by atoms with Gasteiger partial charge in [0, 0.05) is 22.3 Å². The van der Waals surface area contributed by atoms with Crippen molar-refractivity contribution < 1.29 is 4.79 Å². The van der Waals surface area contributed by atoms with E-state index in [4.69, 9.17) is 11.6 Å². The van der Waals surface area contributed by atoms with Crippen LogP contribution >= 0.6 is 11.6 Å². The van der Waals surface area contributed by atoms with E-state index < -0.39 is 0 Å². The first-order valence-corrected chi connectivity index (χ1v) is 7.19. The van der Waals surface area contributed by atoms with Gasteiger partial charge in [-0.25, -0.2) is 4.79 Å². The van der Waals surface area contributed by atoms with Crippen molar-refractivity contribution in [2.75, 3.05) is 10.6 Å². The number of anilines is 2. The molecule has 4 nitrogen and oxygen atoms in total. The number of amides is 2. The highest BCUT2D eigenvalue weighted by Crippen LogP contribution is 2.23. The van der Waals surface area contributed by atoms with Gasteiger partial charge in [0.15, 0.2) is 0 Å². The van der Waals surface area contributed by atoms with E-state index in [2.05, 4.69) is 15.6 Å². The number of aromatic nitrogens is 1. The smallest absolute Gasteiger partial charge is 0.307 e. The Labute approximate surface area is 133 Å². The van der Waals surface area contributed by atoms with Crippen LogP contribution in [-0.4, -0.2) is 11.0 Å². The molecule has 0 spiro atoms. The van der Waals surface area contributed by atoms with E-state index in [0.29, 0.717) is 16.4 Å². The number of rotatable bonds is 2. The molecule has 110 valence electrons. The Morgan fingerprint density at radius 2 is 1.82 bits per heavy atom. The van der Waals surface area contributed by atoms with Crippen LogP contribution in [0.3, 0.4) is 0 Å². The van der Waals surface area contributed by atoms with Crippen molar-refractivity contribution in [3.8, 4) is 0 Å². The normalized spacial score (nSPS) is 10.5. The molecule has 0 aliphatic heterocycles. The van der Waals surface area contributed by atoms with E-state index in [9.17, 15) is 4.79 Å². The lowest BCUT2D eigenvalue weighted by Gasteiger charge is -2.11. The highest BCUT2D eigenvalue weighted by atomic mass is 35.5. The molecule has 0 atom stereocenters. The third-order valence-electron chi connectivity index (χ3n) is 3.33.